The molecule has 26 heavy (non-hydrogen) atoms. The highest BCUT2D eigenvalue weighted by atomic mass is 32.2. The molecule has 0 aliphatic carbocycles. The molecule has 0 N–H and O–H groups in total. The van der Waals surface area contributed by atoms with Crippen LogP contribution in [0.1, 0.15) is 0 Å². The predicted octanol–water partition coefficient (Wildman–Crippen LogP) is 3.64. The maximum Gasteiger partial charge on any atom is 0.462 e. The quantitative estimate of drug-likeness (QED) is 0.491. The van der Waals surface area contributed by atoms with Gasteiger partial charge in [0, 0.05) is 0 Å². The number of hydrogen-bond acceptors (Lipinski definition) is 4. The zero-order valence-electron chi connectivity index (χ0n) is 10.8. The van der Waals surface area contributed by atoms with Gasteiger partial charge in [-0.15, -0.1) is 0 Å². The Kier molecular flexibility index (Phi) is 4.62. The Morgan fingerprint density at radius 1 is 0.731 bits per heavy atom. The molecule has 0 bridgehead atoms. The molecule has 1 aliphatic rings. The summed E-state index contributed by atoms with van der Waals surface area (Å²) >= 11 is 0. The Balaban J connectivity index is 3.74. The zero-order chi connectivity index (χ0) is 21.4. The van der Waals surface area contributed by atoms with Crippen molar-refractivity contribution in [3.8, 4) is 0 Å². The third-order valence-electron chi connectivity index (χ3n) is 2.73. The van der Waals surface area contributed by atoms with Gasteiger partial charge in [0.1, 0.15) is 0 Å². The molecule has 2 atom stereocenters. The van der Waals surface area contributed by atoms with Crippen LogP contribution in [0.5, 0.6) is 0 Å². The van der Waals surface area contributed by atoms with Gasteiger partial charge < -0.3 is 0 Å². The normalized spacial score (nSPS) is 30.8. The van der Waals surface area contributed by atoms with E-state index in [4.69, 9.17) is 0 Å². The van der Waals surface area contributed by atoms with E-state index in [2.05, 4.69) is 4.18 Å². The summed E-state index contributed by atoms with van der Waals surface area (Å²) in [4.78, 5) is -6.97. The third-order valence-corrected chi connectivity index (χ3v) is 4.46. The summed E-state index contributed by atoms with van der Waals surface area (Å²) in [5.41, 5.74) is 0. The van der Waals surface area contributed by atoms with E-state index in [0.29, 0.717) is 0 Å². The molecule has 0 aromatic rings. The van der Waals surface area contributed by atoms with E-state index in [1.807, 2.05) is 0 Å². The second-order valence-electron chi connectivity index (χ2n) is 4.44. The van der Waals surface area contributed by atoms with E-state index >= 15 is 0 Å². The van der Waals surface area contributed by atoms with Crippen LogP contribution in [0.4, 0.5) is 61.5 Å². The monoisotopic (exact) mass is 446 g/mol. The first-order valence-corrected chi connectivity index (χ1v) is 6.62. The van der Waals surface area contributed by atoms with Crippen LogP contribution in [0, 0.1) is 0 Å². The fraction of sp³-hybridized carbons (Fsp3) is 1.00. The maximum atomic E-state index is 13.5. The summed E-state index contributed by atoms with van der Waals surface area (Å²) in [6.07, 6.45) is -29.7. The topological polar surface area (TPSA) is 52.6 Å². The van der Waals surface area contributed by atoms with Crippen molar-refractivity contribution in [3.63, 3.8) is 0 Å². The molecule has 1 fully saturated rings. The number of hydrogen-bond donors (Lipinski definition) is 0. The first-order chi connectivity index (χ1) is 10.9. The van der Waals surface area contributed by atoms with E-state index in [1.165, 1.54) is 0 Å². The number of halogens is 14. The van der Waals surface area contributed by atoms with E-state index in [1.54, 1.807) is 4.74 Å². The molecule has 0 amide bonds. The molecule has 0 saturated carbocycles. The molecule has 0 aromatic carbocycles. The summed E-state index contributed by atoms with van der Waals surface area (Å²) in [5.74, 6) is -14.4. The fourth-order valence-electron chi connectivity index (χ4n) is 1.53. The Hall–Kier alpha value is -1.11. The minimum absolute atomic E-state index is 1.74. The van der Waals surface area contributed by atoms with Gasteiger partial charge in [-0.1, -0.05) is 0 Å². The fourth-order valence-corrected chi connectivity index (χ4v) is 3.02. The Morgan fingerprint density at radius 3 is 1.35 bits per heavy atom. The van der Waals surface area contributed by atoms with Gasteiger partial charge in [-0.3, -0.25) is 4.74 Å². The molecule has 156 valence electrons. The van der Waals surface area contributed by atoms with E-state index in [9.17, 15) is 69.9 Å². The molecule has 0 spiro atoms. The van der Waals surface area contributed by atoms with E-state index in [-0.39, 0.29) is 0 Å². The lowest BCUT2D eigenvalue weighted by Gasteiger charge is -2.51. The first kappa shape index (κ1) is 22.9. The number of ether oxygens (including phenoxy) is 1. The van der Waals surface area contributed by atoms with Gasteiger partial charge in [-0.2, -0.15) is 69.9 Å². The van der Waals surface area contributed by atoms with Crippen molar-refractivity contribution in [2.45, 2.75) is 41.3 Å². The lowest BCUT2D eigenvalue weighted by molar-refractivity contribution is -0.500. The molecule has 19 heteroatoms. The van der Waals surface area contributed by atoms with Crippen LogP contribution in [0.3, 0.4) is 0 Å². The van der Waals surface area contributed by atoms with Crippen molar-refractivity contribution in [3.05, 3.63) is 0 Å². The van der Waals surface area contributed by atoms with Crippen molar-refractivity contribution < 1.29 is 78.8 Å². The summed E-state index contributed by atoms with van der Waals surface area (Å²) in [7, 11) is -7.29. The SMILES string of the molecule is O=S1(=O)OC(F)(C(F)(F)F)C1(OC(F)(F)C(F)(F)C(F)(F)F)C(F)(F)F. The van der Waals surface area contributed by atoms with Crippen LogP contribution in [-0.4, -0.2) is 49.8 Å². The molecule has 1 saturated heterocycles. The summed E-state index contributed by atoms with van der Waals surface area (Å²) in [6, 6.07) is 0. The number of alkyl halides is 14. The van der Waals surface area contributed by atoms with Crippen LogP contribution in [0.2, 0.25) is 0 Å². The summed E-state index contributed by atoms with van der Waals surface area (Å²) in [5, 5.41) is 0. The van der Waals surface area contributed by atoms with Crippen molar-refractivity contribution in [2.24, 2.45) is 0 Å². The highest BCUT2D eigenvalue weighted by molar-refractivity contribution is 7.89. The second-order valence-corrected chi connectivity index (χ2v) is 6.09. The molecule has 0 aromatic heterocycles. The minimum atomic E-state index is -7.66. The van der Waals surface area contributed by atoms with Crippen LogP contribution >= 0.6 is 0 Å². The molecular weight excluding hydrogens is 446 g/mol. The average molecular weight is 446 g/mol. The van der Waals surface area contributed by atoms with E-state index < -0.39 is 51.5 Å². The lowest BCUT2D eigenvalue weighted by atomic mass is 10.1. The third kappa shape index (κ3) is 2.60. The van der Waals surface area contributed by atoms with Gasteiger partial charge in [0.25, 0.3) is 0 Å². The van der Waals surface area contributed by atoms with Crippen LogP contribution in [0.15, 0.2) is 0 Å². The standard InChI is InChI=1S/C7F14O4S/c8-1(9,4(11,12)13)7(20,21)24-3(6(17,18)19)2(10,5(14,15)16)25-26(3,22)23. The van der Waals surface area contributed by atoms with Gasteiger partial charge in [-0.25, -0.2) is 4.18 Å². The summed E-state index contributed by atoms with van der Waals surface area (Å²) in [6.45, 7) is 0. The first-order valence-electron chi connectivity index (χ1n) is 5.21. The van der Waals surface area contributed by atoms with E-state index in [0.717, 1.165) is 0 Å². The molecule has 1 heterocycles. The van der Waals surface area contributed by atoms with Gasteiger partial charge in [0.2, 0.25) is 0 Å². The van der Waals surface area contributed by atoms with Crippen molar-refractivity contribution in [1.29, 1.82) is 0 Å². The van der Waals surface area contributed by atoms with Crippen molar-refractivity contribution in [1.82, 2.24) is 0 Å². The minimum Gasteiger partial charge on any atom is -0.276 e. The maximum absolute atomic E-state index is 13.5. The molecule has 0 radical (unpaired) electrons. The number of rotatable bonds is 3. The molecular formula is C7F14O4S. The molecule has 2 unspecified atom stereocenters. The lowest BCUT2D eigenvalue weighted by Crippen LogP contribution is -2.83. The Labute approximate surface area is 131 Å². The Bertz CT molecular complexity index is 673. The van der Waals surface area contributed by atoms with Gasteiger partial charge in [0.05, 0.1) is 0 Å². The zero-order valence-corrected chi connectivity index (χ0v) is 11.6. The van der Waals surface area contributed by atoms with Gasteiger partial charge >= 0.3 is 51.5 Å². The van der Waals surface area contributed by atoms with Crippen molar-refractivity contribution in [2.75, 3.05) is 0 Å². The average Bonchev–Trinajstić information content (AvgIpc) is 2.30. The van der Waals surface area contributed by atoms with Crippen molar-refractivity contribution >= 4 is 10.1 Å². The molecule has 1 aliphatic heterocycles. The highest BCUT2D eigenvalue weighted by Gasteiger charge is 2.98. The molecule has 4 nitrogen and oxygen atoms in total. The highest BCUT2D eigenvalue weighted by Crippen LogP contribution is 2.65. The molecule has 1 rings (SSSR count). The second kappa shape index (κ2) is 5.24. The largest absolute Gasteiger partial charge is 0.462 e. The van der Waals surface area contributed by atoms with Crippen LogP contribution in [0.25, 0.3) is 0 Å². The van der Waals surface area contributed by atoms with Crippen LogP contribution < -0.4 is 0 Å². The van der Waals surface area contributed by atoms with Crippen LogP contribution in [-0.2, 0) is 19.0 Å². The summed E-state index contributed by atoms with van der Waals surface area (Å²) < 4.78 is 201. The Morgan fingerprint density at radius 2 is 1.12 bits per heavy atom. The van der Waals surface area contributed by atoms with Gasteiger partial charge in [0.15, 0.2) is 0 Å². The predicted molar refractivity (Wildman–Crippen MR) is 45.7 cm³/mol. The van der Waals surface area contributed by atoms with Gasteiger partial charge in [-0.05, 0) is 0 Å². The smallest absolute Gasteiger partial charge is 0.276 e.